The smallest absolute Gasteiger partial charge is 0.277 e. The number of carbonyl (C=O) groups excluding carboxylic acids is 1. The van der Waals surface area contributed by atoms with Crippen molar-refractivity contribution in [3.63, 3.8) is 0 Å². The number of nitrogen functional groups attached to an aromatic ring is 1. The van der Waals surface area contributed by atoms with Crippen LogP contribution < -0.4 is 11.1 Å². The standard InChI is InChI=1S/C14H11N5OS/c15-10-3-1-9(2-4-10)12-8-21-14(18-12)19-13(20)11-7-16-5-6-17-11/h1-8H,15H2,(H,18,19,20). The quantitative estimate of drug-likeness (QED) is 0.724. The van der Waals surface area contributed by atoms with Crippen LogP contribution in [0.15, 0.2) is 48.2 Å². The molecule has 0 bridgehead atoms. The van der Waals surface area contributed by atoms with Crippen LogP contribution in [0.5, 0.6) is 0 Å². The summed E-state index contributed by atoms with van der Waals surface area (Å²) in [6, 6.07) is 7.40. The predicted molar refractivity (Wildman–Crippen MR) is 81.9 cm³/mol. The first kappa shape index (κ1) is 13.2. The van der Waals surface area contributed by atoms with Gasteiger partial charge in [0.2, 0.25) is 0 Å². The summed E-state index contributed by atoms with van der Waals surface area (Å²) >= 11 is 1.35. The molecule has 1 aromatic carbocycles. The first-order valence-corrected chi connectivity index (χ1v) is 6.99. The number of carbonyl (C=O) groups is 1. The van der Waals surface area contributed by atoms with Gasteiger partial charge in [-0.25, -0.2) is 9.97 Å². The first-order chi connectivity index (χ1) is 10.2. The number of thiazole rings is 1. The monoisotopic (exact) mass is 297 g/mol. The van der Waals surface area contributed by atoms with Crippen LogP contribution in [0.3, 0.4) is 0 Å². The van der Waals surface area contributed by atoms with Crippen molar-refractivity contribution in [2.45, 2.75) is 0 Å². The number of amides is 1. The molecule has 3 N–H and O–H groups in total. The fourth-order valence-electron chi connectivity index (χ4n) is 1.70. The molecule has 0 unspecified atom stereocenters. The van der Waals surface area contributed by atoms with Crippen molar-refractivity contribution in [1.82, 2.24) is 15.0 Å². The lowest BCUT2D eigenvalue weighted by Gasteiger charge is -2.00. The molecular weight excluding hydrogens is 286 g/mol. The molecule has 104 valence electrons. The summed E-state index contributed by atoms with van der Waals surface area (Å²) in [6.45, 7) is 0. The maximum Gasteiger partial charge on any atom is 0.277 e. The highest BCUT2D eigenvalue weighted by molar-refractivity contribution is 7.14. The molecule has 0 saturated carbocycles. The Balaban J connectivity index is 1.76. The van der Waals surface area contributed by atoms with Crippen LogP contribution in [0, 0.1) is 0 Å². The van der Waals surface area contributed by atoms with Crippen molar-refractivity contribution < 1.29 is 4.79 Å². The van der Waals surface area contributed by atoms with E-state index in [2.05, 4.69) is 20.3 Å². The number of aromatic nitrogens is 3. The maximum absolute atomic E-state index is 11.9. The van der Waals surface area contributed by atoms with Crippen molar-refractivity contribution in [3.05, 3.63) is 53.9 Å². The van der Waals surface area contributed by atoms with Gasteiger partial charge in [0, 0.05) is 29.0 Å². The van der Waals surface area contributed by atoms with Gasteiger partial charge in [0.15, 0.2) is 5.13 Å². The minimum Gasteiger partial charge on any atom is -0.399 e. The van der Waals surface area contributed by atoms with Crippen LogP contribution in [0.4, 0.5) is 10.8 Å². The fraction of sp³-hybridized carbons (Fsp3) is 0. The molecule has 0 spiro atoms. The zero-order chi connectivity index (χ0) is 14.7. The molecule has 0 radical (unpaired) electrons. The zero-order valence-corrected chi connectivity index (χ0v) is 11.7. The molecule has 3 rings (SSSR count). The topological polar surface area (TPSA) is 93.8 Å². The third-order valence-electron chi connectivity index (χ3n) is 2.73. The molecule has 0 aliphatic heterocycles. The Morgan fingerprint density at radius 2 is 2.00 bits per heavy atom. The minimum atomic E-state index is -0.332. The van der Waals surface area contributed by atoms with Gasteiger partial charge in [-0.05, 0) is 12.1 Å². The van der Waals surface area contributed by atoms with Gasteiger partial charge in [0.05, 0.1) is 11.9 Å². The normalized spacial score (nSPS) is 10.3. The number of nitrogens with two attached hydrogens (primary N) is 1. The van der Waals surface area contributed by atoms with E-state index in [0.29, 0.717) is 10.8 Å². The number of nitrogens with zero attached hydrogens (tertiary/aromatic N) is 3. The van der Waals surface area contributed by atoms with Gasteiger partial charge in [-0.2, -0.15) is 0 Å². The zero-order valence-electron chi connectivity index (χ0n) is 10.9. The molecule has 7 heteroatoms. The lowest BCUT2D eigenvalue weighted by atomic mass is 10.1. The van der Waals surface area contributed by atoms with E-state index in [1.165, 1.54) is 29.9 Å². The lowest BCUT2D eigenvalue weighted by molar-refractivity contribution is 0.102. The largest absolute Gasteiger partial charge is 0.399 e. The summed E-state index contributed by atoms with van der Waals surface area (Å²) in [4.78, 5) is 24.1. The molecular formula is C14H11N5OS. The summed E-state index contributed by atoms with van der Waals surface area (Å²) in [5, 5.41) is 5.09. The highest BCUT2D eigenvalue weighted by Gasteiger charge is 2.10. The molecule has 0 fully saturated rings. The third-order valence-corrected chi connectivity index (χ3v) is 3.48. The molecule has 6 nitrogen and oxygen atoms in total. The lowest BCUT2D eigenvalue weighted by Crippen LogP contribution is -2.13. The van der Waals surface area contributed by atoms with Crippen LogP contribution in [-0.2, 0) is 0 Å². The summed E-state index contributed by atoms with van der Waals surface area (Å²) in [5.41, 5.74) is 8.33. The van der Waals surface area contributed by atoms with Crippen molar-refractivity contribution in [3.8, 4) is 11.3 Å². The van der Waals surface area contributed by atoms with Crippen molar-refractivity contribution in [2.24, 2.45) is 0 Å². The van der Waals surface area contributed by atoms with E-state index in [-0.39, 0.29) is 11.6 Å². The second kappa shape index (κ2) is 5.68. The molecule has 1 amide bonds. The molecule has 0 saturated heterocycles. The van der Waals surface area contributed by atoms with E-state index in [0.717, 1.165) is 11.3 Å². The molecule has 0 atom stereocenters. The highest BCUT2D eigenvalue weighted by Crippen LogP contribution is 2.25. The summed E-state index contributed by atoms with van der Waals surface area (Å²) in [5.74, 6) is -0.332. The Morgan fingerprint density at radius 1 is 1.19 bits per heavy atom. The van der Waals surface area contributed by atoms with Crippen molar-refractivity contribution in [1.29, 1.82) is 0 Å². The average molecular weight is 297 g/mol. The molecule has 2 aromatic heterocycles. The fourth-order valence-corrected chi connectivity index (χ4v) is 2.41. The van der Waals surface area contributed by atoms with E-state index < -0.39 is 0 Å². The number of hydrogen-bond acceptors (Lipinski definition) is 6. The van der Waals surface area contributed by atoms with Gasteiger partial charge in [-0.3, -0.25) is 15.1 Å². The van der Waals surface area contributed by atoms with Gasteiger partial charge >= 0.3 is 0 Å². The van der Waals surface area contributed by atoms with Gasteiger partial charge in [-0.1, -0.05) is 12.1 Å². The van der Waals surface area contributed by atoms with Crippen LogP contribution in [0.2, 0.25) is 0 Å². The number of rotatable bonds is 3. The Hall–Kier alpha value is -2.80. The molecule has 0 aliphatic carbocycles. The first-order valence-electron chi connectivity index (χ1n) is 6.11. The van der Waals surface area contributed by atoms with Crippen LogP contribution in [-0.4, -0.2) is 20.9 Å². The van der Waals surface area contributed by atoms with E-state index in [9.17, 15) is 4.79 Å². The maximum atomic E-state index is 11.9. The van der Waals surface area contributed by atoms with Gasteiger partial charge in [0.25, 0.3) is 5.91 Å². The number of nitrogens with one attached hydrogen (secondary N) is 1. The average Bonchev–Trinajstić information content (AvgIpc) is 2.97. The number of anilines is 2. The van der Waals surface area contributed by atoms with Crippen LogP contribution in [0.25, 0.3) is 11.3 Å². The predicted octanol–water partition coefficient (Wildman–Crippen LogP) is 2.43. The Labute approximate surface area is 124 Å². The Morgan fingerprint density at radius 3 is 2.71 bits per heavy atom. The van der Waals surface area contributed by atoms with E-state index in [1.807, 2.05) is 29.6 Å². The molecule has 3 aromatic rings. The molecule has 0 aliphatic rings. The SMILES string of the molecule is Nc1ccc(-c2csc(NC(=O)c3cnccn3)n2)cc1. The van der Waals surface area contributed by atoms with Crippen molar-refractivity contribution >= 4 is 28.1 Å². The second-order valence-corrected chi connectivity index (χ2v) is 5.06. The van der Waals surface area contributed by atoms with Crippen LogP contribution in [0.1, 0.15) is 10.5 Å². The van der Waals surface area contributed by atoms with Gasteiger partial charge < -0.3 is 5.73 Å². The van der Waals surface area contributed by atoms with Gasteiger partial charge in [0.1, 0.15) is 5.69 Å². The highest BCUT2D eigenvalue weighted by atomic mass is 32.1. The summed E-state index contributed by atoms with van der Waals surface area (Å²) in [6.07, 6.45) is 4.39. The number of hydrogen-bond donors (Lipinski definition) is 2. The number of benzene rings is 1. The second-order valence-electron chi connectivity index (χ2n) is 4.20. The summed E-state index contributed by atoms with van der Waals surface area (Å²) in [7, 11) is 0. The summed E-state index contributed by atoms with van der Waals surface area (Å²) < 4.78 is 0. The Bertz CT molecular complexity index is 755. The van der Waals surface area contributed by atoms with Crippen molar-refractivity contribution in [2.75, 3.05) is 11.1 Å². The molecule has 21 heavy (non-hydrogen) atoms. The molecule has 2 heterocycles. The van der Waals surface area contributed by atoms with Crippen LogP contribution >= 0.6 is 11.3 Å². The third kappa shape index (κ3) is 3.03. The minimum absolute atomic E-state index is 0.252. The Kier molecular flexibility index (Phi) is 3.57. The van der Waals surface area contributed by atoms with Gasteiger partial charge in [-0.15, -0.1) is 11.3 Å². The van der Waals surface area contributed by atoms with E-state index >= 15 is 0 Å². The van der Waals surface area contributed by atoms with E-state index in [4.69, 9.17) is 5.73 Å². The van der Waals surface area contributed by atoms with E-state index in [1.54, 1.807) is 0 Å².